The van der Waals surface area contributed by atoms with Crippen molar-refractivity contribution >= 4 is 33.2 Å². The van der Waals surface area contributed by atoms with Crippen molar-refractivity contribution in [2.24, 2.45) is 0 Å². The lowest BCUT2D eigenvalue weighted by atomic mass is 10.2. The highest BCUT2D eigenvalue weighted by molar-refractivity contribution is 7.90. The van der Waals surface area contributed by atoms with Crippen LogP contribution in [0, 0.1) is 0 Å². The molecular formula is C10H13ClN2O4S. The van der Waals surface area contributed by atoms with Gasteiger partial charge in [-0.05, 0) is 18.6 Å². The smallest absolute Gasteiger partial charge is 0.339 e. The minimum atomic E-state index is -3.02. The van der Waals surface area contributed by atoms with E-state index in [0.29, 0.717) is 13.0 Å². The molecule has 0 aromatic carbocycles. The van der Waals surface area contributed by atoms with Crippen LogP contribution in [0.1, 0.15) is 16.8 Å². The Labute approximate surface area is 110 Å². The van der Waals surface area contributed by atoms with Crippen LogP contribution in [-0.2, 0) is 9.84 Å². The van der Waals surface area contributed by atoms with Crippen LogP contribution >= 0.6 is 11.6 Å². The lowest BCUT2D eigenvalue weighted by Gasteiger charge is -2.08. The molecule has 1 heterocycles. The standard InChI is InChI=1S/C10H13ClN2O4S/c1-18(16,17)6-2-5-12-9-7(10(14)15)3-4-8(11)13-9/h3-4H,2,5-6H2,1H3,(H,12,13)(H,14,15). The minimum absolute atomic E-state index is 0.00115. The Bertz CT molecular complexity index is 545. The summed E-state index contributed by atoms with van der Waals surface area (Å²) >= 11 is 5.67. The van der Waals surface area contributed by atoms with Gasteiger partial charge in [0.1, 0.15) is 26.4 Å². The molecule has 0 bridgehead atoms. The first kappa shape index (κ1) is 14.7. The van der Waals surface area contributed by atoms with Gasteiger partial charge in [-0.1, -0.05) is 11.6 Å². The van der Waals surface area contributed by atoms with Crippen LogP contribution < -0.4 is 5.32 Å². The monoisotopic (exact) mass is 292 g/mol. The first-order valence-corrected chi connectivity index (χ1v) is 7.55. The van der Waals surface area contributed by atoms with Gasteiger partial charge in [0.2, 0.25) is 0 Å². The van der Waals surface area contributed by atoms with Gasteiger partial charge >= 0.3 is 5.97 Å². The molecule has 6 nitrogen and oxygen atoms in total. The zero-order chi connectivity index (χ0) is 13.8. The number of hydrogen-bond donors (Lipinski definition) is 2. The van der Waals surface area contributed by atoms with Gasteiger partial charge in [-0.2, -0.15) is 0 Å². The largest absolute Gasteiger partial charge is 0.478 e. The summed E-state index contributed by atoms with van der Waals surface area (Å²) in [7, 11) is -3.02. The van der Waals surface area contributed by atoms with Crippen LogP contribution in [0.25, 0.3) is 0 Å². The third-order valence-electron chi connectivity index (χ3n) is 2.08. The van der Waals surface area contributed by atoms with E-state index >= 15 is 0 Å². The van der Waals surface area contributed by atoms with Crippen molar-refractivity contribution in [2.45, 2.75) is 6.42 Å². The van der Waals surface area contributed by atoms with E-state index in [-0.39, 0.29) is 22.3 Å². The van der Waals surface area contributed by atoms with Crippen LogP contribution in [-0.4, -0.2) is 43.0 Å². The number of sulfone groups is 1. The van der Waals surface area contributed by atoms with Crippen LogP contribution in [0.15, 0.2) is 12.1 Å². The molecule has 1 aromatic rings. The Balaban J connectivity index is 2.66. The summed E-state index contributed by atoms with van der Waals surface area (Å²) in [6, 6.07) is 2.73. The van der Waals surface area contributed by atoms with Gasteiger partial charge in [0, 0.05) is 12.8 Å². The van der Waals surface area contributed by atoms with Crippen molar-refractivity contribution in [1.82, 2.24) is 4.98 Å². The third kappa shape index (κ3) is 4.89. The molecule has 0 aliphatic heterocycles. The maximum atomic E-state index is 10.9. The van der Waals surface area contributed by atoms with Gasteiger partial charge in [0.15, 0.2) is 0 Å². The predicted molar refractivity (Wildman–Crippen MR) is 69.0 cm³/mol. The fraction of sp³-hybridized carbons (Fsp3) is 0.400. The molecule has 0 aliphatic carbocycles. The quantitative estimate of drug-likeness (QED) is 0.605. The van der Waals surface area contributed by atoms with Crippen molar-refractivity contribution in [1.29, 1.82) is 0 Å². The van der Waals surface area contributed by atoms with Crippen LogP contribution in [0.2, 0.25) is 5.15 Å². The summed E-state index contributed by atoms with van der Waals surface area (Å²) in [4.78, 5) is 14.8. The topological polar surface area (TPSA) is 96.4 Å². The second kappa shape index (κ2) is 6.01. The zero-order valence-electron chi connectivity index (χ0n) is 9.68. The van der Waals surface area contributed by atoms with Gasteiger partial charge < -0.3 is 10.4 Å². The summed E-state index contributed by atoms with van der Waals surface area (Å²) in [6.45, 7) is 0.306. The molecule has 0 aliphatic rings. The summed E-state index contributed by atoms with van der Waals surface area (Å²) in [6.07, 6.45) is 1.51. The van der Waals surface area contributed by atoms with E-state index in [4.69, 9.17) is 16.7 Å². The minimum Gasteiger partial charge on any atom is -0.478 e. The number of aromatic carboxylic acids is 1. The Morgan fingerprint density at radius 3 is 2.72 bits per heavy atom. The number of aromatic nitrogens is 1. The van der Waals surface area contributed by atoms with E-state index in [1.165, 1.54) is 12.1 Å². The van der Waals surface area contributed by atoms with Crippen molar-refractivity contribution in [3.8, 4) is 0 Å². The molecule has 2 N–H and O–H groups in total. The van der Waals surface area contributed by atoms with E-state index < -0.39 is 15.8 Å². The molecule has 8 heteroatoms. The molecule has 0 radical (unpaired) electrons. The van der Waals surface area contributed by atoms with Crippen LogP contribution in [0.5, 0.6) is 0 Å². The lowest BCUT2D eigenvalue weighted by Crippen LogP contribution is -2.13. The number of rotatable bonds is 6. The Morgan fingerprint density at radius 2 is 2.17 bits per heavy atom. The molecule has 1 rings (SSSR count). The van der Waals surface area contributed by atoms with E-state index in [1.807, 2.05) is 0 Å². The maximum absolute atomic E-state index is 10.9. The second-order valence-corrected chi connectivity index (χ2v) is 6.39. The normalized spacial score (nSPS) is 11.2. The van der Waals surface area contributed by atoms with E-state index in [0.717, 1.165) is 6.26 Å². The molecule has 0 amide bonds. The van der Waals surface area contributed by atoms with Crippen molar-refractivity contribution in [3.63, 3.8) is 0 Å². The maximum Gasteiger partial charge on any atom is 0.339 e. The molecule has 0 saturated heterocycles. The molecule has 0 atom stereocenters. The fourth-order valence-electron chi connectivity index (χ4n) is 1.28. The van der Waals surface area contributed by atoms with E-state index in [2.05, 4.69) is 10.3 Å². The number of hydrogen-bond acceptors (Lipinski definition) is 5. The van der Waals surface area contributed by atoms with Gasteiger partial charge in [0.25, 0.3) is 0 Å². The van der Waals surface area contributed by atoms with Gasteiger partial charge in [-0.15, -0.1) is 0 Å². The Kier molecular flexibility index (Phi) is 4.92. The van der Waals surface area contributed by atoms with Crippen molar-refractivity contribution < 1.29 is 18.3 Å². The SMILES string of the molecule is CS(=O)(=O)CCCNc1nc(Cl)ccc1C(=O)O. The number of anilines is 1. The van der Waals surface area contributed by atoms with Crippen molar-refractivity contribution in [3.05, 3.63) is 22.8 Å². The number of carboxylic acid groups (broad SMARTS) is 1. The predicted octanol–water partition coefficient (Wildman–Crippen LogP) is 1.28. The Morgan fingerprint density at radius 1 is 1.50 bits per heavy atom. The number of nitrogens with zero attached hydrogens (tertiary/aromatic N) is 1. The summed E-state index contributed by atoms with van der Waals surface area (Å²) in [5.74, 6) is -0.948. The molecule has 0 unspecified atom stereocenters. The molecular weight excluding hydrogens is 280 g/mol. The van der Waals surface area contributed by atoms with Gasteiger partial charge in [0.05, 0.1) is 5.75 Å². The highest BCUT2D eigenvalue weighted by Crippen LogP contribution is 2.16. The highest BCUT2D eigenvalue weighted by Gasteiger charge is 2.11. The molecule has 1 aromatic heterocycles. The molecule has 0 saturated carbocycles. The molecule has 0 spiro atoms. The summed E-state index contributed by atoms with van der Waals surface area (Å²) in [5, 5.41) is 11.9. The number of carboxylic acids is 1. The Hall–Kier alpha value is -1.34. The molecule has 0 fully saturated rings. The number of nitrogens with one attached hydrogen (secondary N) is 1. The third-order valence-corrected chi connectivity index (χ3v) is 3.32. The summed E-state index contributed by atoms with van der Waals surface area (Å²) < 4.78 is 21.8. The van der Waals surface area contributed by atoms with Crippen LogP contribution in [0.3, 0.4) is 0 Å². The number of halogens is 1. The molecule has 18 heavy (non-hydrogen) atoms. The van der Waals surface area contributed by atoms with E-state index in [1.54, 1.807) is 0 Å². The molecule has 100 valence electrons. The summed E-state index contributed by atoms with van der Waals surface area (Å²) in [5.41, 5.74) is -0.00115. The van der Waals surface area contributed by atoms with E-state index in [9.17, 15) is 13.2 Å². The average molecular weight is 293 g/mol. The fourth-order valence-corrected chi connectivity index (χ4v) is 2.10. The van der Waals surface area contributed by atoms with Gasteiger partial charge in [-0.3, -0.25) is 0 Å². The number of carbonyl (C=O) groups is 1. The number of pyridine rings is 1. The van der Waals surface area contributed by atoms with Crippen molar-refractivity contribution in [2.75, 3.05) is 23.9 Å². The van der Waals surface area contributed by atoms with Gasteiger partial charge in [-0.25, -0.2) is 18.2 Å². The van der Waals surface area contributed by atoms with Crippen LogP contribution in [0.4, 0.5) is 5.82 Å². The average Bonchev–Trinajstić information content (AvgIpc) is 2.22. The first-order chi connectivity index (χ1) is 8.29. The lowest BCUT2D eigenvalue weighted by molar-refractivity contribution is 0.0697. The zero-order valence-corrected chi connectivity index (χ0v) is 11.3. The second-order valence-electron chi connectivity index (χ2n) is 3.75. The highest BCUT2D eigenvalue weighted by atomic mass is 35.5. The first-order valence-electron chi connectivity index (χ1n) is 5.11.